The highest BCUT2D eigenvalue weighted by atomic mass is 16.7. The summed E-state index contributed by atoms with van der Waals surface area (Å²) in [5.41, 5.74) is 0.636. The van der Waals surface area contributed by atoms with Gasteiger partial charge in [0.1, 0.15) is 5.82 Å². The van der Waals surface area contributed by atoms with Crippen molar-refractivity contribution in [3.8, 4) is 0 Å². The van der Waals surface area contributed by atoms with Crippen molar-refractivity contribution in [2.45, 2.75) is 13.0 Å². The van der Waals surface area contributed by atoms with Crippen LogP contribution in [0.3, 0.4) is 0 Å². The van der Waals surface area contributed by atoms with E-state index in [1.165, 1.54) is 24.4 Å². The molecular formula is C19H17N3O5. The van der Waals surface area contributed by atoms with Gasteiger partial charge in [0.25, 0.3) is 11.8 Å². The molecule has 1 unspecified atom stereocenters. The van der Waals surface area contributed by atoms with Gasteiger partial charge in [-0.2, -0.15) is 0 Å². The number of fused-ring (bicyclic) bond motifs is 1. The summed E-state index contributed by atoms with van der Waals surface area (Å²) in [6.07, 6.45) is 1.56. The van der Waals surface area contributed by atoms with E-state index in [4.69, 9.17) is 9.57 Å². The number of aromatic nitrogens is 1. The number of amides is 2. The second-order valence-electron chi connectivity index (χ2n) is 6.36. The van der Waals surface area contributed by atoms with Gasteiger partial charge < -0.3 is 14.5 Å². The quantitative estimate of drug-likeness (QED) is 0.763. The largest absolute Gasteiger partial charge is 0.375 e. The predicted molar refractivity (Wildman–Crippen MR) is 94.2 cm³/mol. The summed E-state index contributed by atoms with van der Waals surface area (Å²) in [5, 5.41) is 0.504. The van der Waals surface area contributed by atoms with Gasteiger partial charge in [-0.1, -0.05) is 17.2 Å². The SMILES string of the molecule is CC1CN(c2cc(C(=O)ON3C(=O)c4ccccc4C3=O)ccn2)CCO1. The number of rotatable bonds is 3. The molecule has 0 N–H and O–H groups in total. The van der Waals surface area contributed by atoms with E-state index in [1.807, 2.05) is 11.8 Å². The minimum atomic E-state index is -0.797. The fraction of sp³-hybridized carbons (Fsp3) is 0.263. The van der Waals surface area contributed by atoms with E-state index in [2.05, 4.69) is 4.98 Å². The summed E-state index contributed by atoms with van der Waals surface area (Å²) in [6.45, 7) is 3.86. The van der Waals surface area contributed by atoms with Crippen molar-refractivity contribution in [2.24, 2.45) is 0 Å². The third-order valence-electron chi connectivity index (χ3n) is 4.48. The van der Waals surface area contributed by atoms with Gasteiger partial charge in [-0.15, -0.1) is 0 Å². The molecule has 0 saturated carbocycles. The number of hydrogen-bond donors (Lipinski definition) is 0. The van der Waals surface area contributed by atoms with Gasteiger partial charge in [0.15, 0.2) is 0 Å². The van der Waals surface area contributed by atoms with Crippen molar-refractivity contribution in [2.75, 3.05) is 24.6 Å². The number of ether oxygens (including phenoxy) is 1. The molecule has 2 amide bonds. The molecule has 138 valence electrons. The van der Waals surface area contributed by atoms with E-state index in [0.717, 1.165) is 0 Å². The van der Waals surface area contributed by atoms with E-state index < -0.39 is 17.8 Å². The van der Waals surface area contributed by atoms with E-state index in [1.54, 1.807) is 18.2 Å². The second kappa shape index (κ2) is 6.81. The number of pyridine rings is 1. The number of benzene rings is 1. The first-order valence-electron chi connectivity index (χ1n) is 8.57. The number of hydroxylamine groups is 2. The maximum Gasteiger partial charge on any atom is 0.364 e. The van der Waals surface area contributed by atoms with Crippen molar-refractivity contribution >= 4 is 23.6 Å². The van der Waals surface area contributed by atoms with Crippen LogP contribution in [0.1, 0.15) is 38.0 Å². The Bertz CT molecular complexity index is 894. The lowest BCUT2D eigenvalue weighted by atomic mass is 10.1. The zero-order valence-corrected chi connectivity index (χ0v) is 14.6. The Labute approximate surface area is 155 Å². The molecule has 2 aliphatic rings. The maximum absolute atomic E-state index is 12.5. The van der Waals surface area contributed by atoms with E-state index in [9.17, 15) is 14.4 Å². The third kappa shape index (κ3) is 3.15. The van der Waals surface area contributed by atoms with Crippen LogP contribution in [0.25, 0.3) is 0 Å². The fourth-order valence-electron chi connectivity index (χ4n) is 3.13. The zero-order chi connectivity index (χ0) is 19.0. The summed E-state index contributed by atoms with van der Waals surface area (Å²) in [5.74, 6) is -1.49. The molecule has 2 aromatic rings. The molecule has 1 saturated heterocycles. The minimum absolute atomic E-state index is 0.0644. The topological polar surface area (TPSA) is 89.0 Å². The lowest BCUT2D eigenvalue weighted by Gasteiger charge is -2.32. The van der Waals surface area contributed by atoms with Crippen molar-refractivity contribution in [3.63, 3.8) is 0 Å². The van der Waals surface area contributed by atoms with Crippen LogP contribution in [0, 0.1) is 0 Å². The zero-order valence-electron chi connectivity index (χ0n) is 14.6. The summed E-state index contributed by atoms with van der Waals surface area (Å²) in [4.78, 5) is 48.5. The van der Waals surface area contributed by atoms with Crippen LogP contribution in [-0.4, -0.2) is 53.6 Å². The van der Waals surface area contributed by atoms with Crippen LogP contribution in [-0.2, 0) is 9.57 Å². The van der Waals surface area contributed by atoms with Gasteiger partial charge >= 0.3 is 5.97 Å². The molecule has 1 aromatic carbocycles. The van der Waals surface area contributed by atoms with Gasteiger partial charge in [-0.05, 0) is 31.2 Å². The molecule has 3 heterocycles. The second-order valence-corrected chi connectivity index (χ2v) is 6.36. The monoisotopic (exact) mass is 367 g/mol. The Kier molecular flexibility index (Phi) is 4.33. The molecule has 4 rings (SSSR count). The van der Waals surface area contributed by atoms with Crippen molar-refractivity contribution in [3.05, 3.63) is 59.3 Å². The predicted octanol–water partition coefficient (Wildman–Crippen LogP) is 1.67. The molecule has 2 aliphatic heterocycles. The molecule has 8 heteroatoms. The van der Waals surface area contributed by atoms with Gasteiger partial charge in [-0.3, -0.25) is 9.59 Å². The number of carbonyl (C=O) groups is 3. The maximum atomic E-state index is 12.5. The summed E-state index contributed by atoms with van der Waals surface area (Å²) < 4.78 is 5.51. The Morgan fingerprint density at radius 1 is 1.19 bits per heavy atom. The normalized spacial score (nSPS) is 19.2. The highest BCUT2D eigenvalue weighted by Gasteiger charge is 2.38. The lowest BCUT2D eigenvalue weighted by Crippen LogP contribution is -2.41. The fourth-order valence-corrected chi connectivity index (χ4v) is 3.13. The Morgan fingerprint density at radius 3 is 2.56 bits per heavy atom. The standard InChI is InChI=1S/C19H17N3O5/c1-12-11-21(8-9-26-12)16-10-13(6-7-20-16)19(25)27-22-17(23)14-4-2-3-5-15(14)18(22)24/h2-7,10,12H,8-9,11H2,1H3. The molecule has 0 bridgehead atoms. The van der Waals surface area contributed by atoms with Crippen LogP contribution >= 0.6 is 0 Å². The van der Waals surface area contributed by atoms with Gasteiger partial charge in [0.2, 0.25) is 0 Å². The highest BCUT2D eigenvalue weighted by Crippen LogP contribution is 2.24. The molecule has 8 nitrogen and oxygen atoms in total. The van der Waals surface area contributed by atoms with Crippen molar-refractivity contribution < 1.29 is 24.0 Å². The van der Waals surface area contributed by atoms with Crippen LogP contribution in [0.4, 0.5) is 5.82 Å². The number of morpholine rings is 1. The van der Waals surface area contributed by atoms with Crippen LogP contribution in [0.5, 0.6) is 0 Å². The van der Waals surface area contributed by atoms with Gasteiger partial charge in [0.05, 0.1) is 29.4 Å². The molecule has 1 atom stereocenters. The molecule has 0 spiro atoms. The first-order chi connectivity index (χ1) is 13.0. The number of nitrogens with zero attached hydrogens (tertiary/aromatic N) is 3. The molecule has 27 heavy (non-hydrogen) atoms. The molecule has 0 aliphatic carbocycles. The van der Waals surface area contributed by atoms with Gasteiger partial charge in [-0.25, -0.2) is 9.78 Å². The van der Waals surface area contributed by atoms with Crippen molar-refractivity contribution in [1.29, 1.82) is 0 Å². The number of anilines is 1. The average Bonchev–Trinajstić information content (AvgIpc) is 2.93. The number of hydrogen-bond acceptors (Lipinski definition) is 7. The molecular weight excluding hydrogens is 350 g/mol. The summed E-state index contributed by atoms with van der Waals surface area (Å²) in [6, 6.07) is 9.40. The first-order valence-corrected chi connectivity index (χ1v) is 8.57. The highest BCUT2D eigenvalue weighted by molar-refractivity contribution is 6.21. The van der Waals surface area contributed by atoms with E-state index in [-0.39, 0.29) is 22.8 Å². The Morgan fingerprint density at radius 2 is 1.89 bits per heavy atom. The lowest BCUT2D eigenvalue weighted by molar-refractivity contribution is -0.0584. The third-order valence-corrected chi connectivity index (χ3v) is 4.48. The average molecular weight is 367 g/mol. The van der Waals surface area contributed by atoms with Crippen LogP contribution in [0.15, 0.2) is 42.6 Å². The molecule has 1 fully saturated rings. The number of imide groups is 1. The first kappa shape index (κ1) is 17.2. The van der Waals surface area contributed by atoms with Gasteiger partial charge in [0, 0.05) is 19.3 Å². The Hall–Kier alpha value is -3.26. The summed E-state index contributed by atoms with van der Waals surface area (Å²) in [7, 11) is 0. The smallest absolute Gasteiger partial charge is 0.364 e. The Balaban J connectivity index is 1.52. The number of carbonyl (C=O) groups excluding carboxylic acids is 3. The van der Waals surface area contributed by atoms with Crippen molar-refractivity contribution in [1.82, 2.24) is 10.0 Å². The van der Waals surface area contributed by atoms with Crippen LogP contribution in [0.2, 0.25) is 0 Å². The summed E-state index contributed by atoms with van der Waals surface area (Å²) >= 11 is 0. The molecule has 0 radical (unpaired) electrons. The minimum Gasteiger partial charge on any atom is -0.375 e. The van der Waals surface area contributed by atoms with E-state index >= 15 is 0 Å². The molecule has 1 aromatic heterocycles. The van der Waals surface area contributed by atoms with E-state index in [0.29, 0.717) is 30.6 Å². The van der Waals surface area contributed by atoms with Crippen LogP contribution < -0.4 is 4.90 Å².